The zero-order valence-electron chi connectivity index (χ0n) is 12.7. The maximum absolute atomic E-state index is 10.4. The van der Waals surface area contributed by atoms with Crippen LogP contribution in [0.25, 0.3) is 11.3 Å². The molecule has 0 amide bonds. The summed E-state index contributed by atoms with van der Waals surface area (Å²) in [6, 6.07) is 7.67. The van der Waals surface area contributed by atoms with Gasteiger partial charge in [0.2, 0.25) is 0 Å². The number of carboxylic acids is 1. The molecule has 0 spiro atoms. The van der Waals surface area contributed by atoms with Crippen molar-refractivity contribution in [3.63, 3.8) is 0 Å². The van der Waals surface area contributed by atoms with Gasteiger partial charge in [-0.25, -0.2) is 4.98 Å². The number of hydrogen-bond donors (Lipinski definition) is 1. The minimum Gasteiger partial charge on any atom is -0.496 e. The van der Waals surface area contributed by atoms with Crippen LogP contribution >= 0.6 is 0 Å². The molecular weight excluding hydrogens is 282 g/mol. The molecule has 118 valence electrons. The van der Waals surface area contributed by atoms with E-state index in [0.717, 1.165) is 43.4 Å². The van der Waals surface area contributed by atoms with Crippen molar-refractivity contribution < 1.29 is 19.1 Å². The van der Waals surface area contributed by atoms with Crippen molar-refractivity contribution >= 4 is 5.97 Å². The number of methoxy groups -OCH3 is 1. The molecule has 0 aliphatic carbocycles. The van der Waals surface area contributed by atoms with Crippen molar-refractivity contribution in [2.75, 3.05) is 7.11 Å². The van der Waals surface area contributed by atoms with E-state index in [2.05, 4.69) is 4.98 Å². The number of carbonyl (C=O) groups is 1. The topological polar surface area (TPSA) is 72.6 Å². The average molecular weight is 303 g/mol. The second kappa shape index (κ2) is 8.22. The molecule has 1 N–H and O–H groups in total. The van der Waals surface area contributed by atoms with E-state index >= 15 is 0 Å². The standard InChI is InChI=1S/C17H21NO4/c1-21-14-9-7-6-8-13(14)15-12-18-16(22-15)10-4-2-3-5-11-17(19)20/h6-9,12H,2-5,10-11H2,1H3,(H,19,20). The SMILES string of the molecule is COc1ccccc1-c1cnc(CCCCCCC(=O)O)o1. The molecule has 0 atom stereocenters. The first-order chi connectivity index (χ1) is 10.7. The molecule has 2 rings (SSSR count). The lowest BCUT2D eigenvalue weighted by Crippen LogP contribution is -1.94. The number of aliphatic carboxylic acids is 1. The fraction of sp³-hybridized carbons (Fsp3) is 0.412. The fourth-order valence-electron chi connectivity index (χ4n) is 2.30. The zero-order valence-corrected chi connectivity index (χ0v) is 12.7. The highest BCUT2D eigenvalue weighted by Gasteiger charge is 2.10. The van der Waals surface area contributed by atoms with Crippen molar-refractivity contribution in [3.8, 4) is 17.1 Å². The van der Waals surface area contributed by atoms with Crippen LogP contribution < -0.4 is 4.74 Å². The van der Waals surface area contributed by atoms with Gasteiger partial charge in [0.05, 0.1) is 18.9 Å². The van der Waals surface area contributed by atoms with Gasteiger partial charge in [0, 0.05) is 12.8 Å². The Kier molecular flexibility index (Phi) is 6.01. The van der Waals surface area contributed by atoms with Crippen LogP contribution in [0.3, 0.4) is 0 Å². The number of ether oxygens (including phenoxy) is 1. The summed E-state index contributed by atoms with van der Waals surface area (Å²) in [6.07, 6.45) is 6.32. The average Bonchev–Trinajstić information content (AvgIpc) is 2.99. The lowest BCUT2D eigenvalue weighted by atomic mass is 10.1. The van der Waals surface area contributed by atoms with E-state index < -0.39 is 5.97 Å². The van der Waals surface area contributed by atoms with E-state index in [4.69, 9.17) is 14.3 Å². The summed E-state index contributed by atoms with van der Waals surface area (Å²) in [7, 11) is 1.63. The number of rotatable bonds is 9. The van der Waals surface area contributed by atoms with Crippen molar-refractivity contribution in [3.05, 3.63) is 36.4 Å². The van der Waals surface area contributed by atoms with Gasteiger partial charge in [-0.1, -0.05) is 25.0 Å². The van der Waals surface area contributed by atoms with E-state index in [-0.39, 0.29) is 6.42 Å². The van der Waals surface area contributed by atoms with Crippen LogP contribution in [0.1, 0.15) is 38.0 Å². The van der Waals surface area contributed by atoms with Crippen LogP contribution in [0.4, 0.5) is 0 Å². The molecule has 1 aromatic carbocycles. The molecule has 2 aromatic rings. The smallest absolute Gasteiger partial charge is 0.303 e. The number of unbranched alkanes of at least 4 members (excludes halogenated alkanes) is 3. The van der Waals surface area contributed by atoms with Gasteiger partial charge in [-0.3, -0.25) is 4.79 Å². The van der Waals surface area contributed by atoms with Gasteiger partial charge < -0.3 is 14.3 Å². The van der Waals surface area contributed by atoms with Gasteiger partial charge in [0.25, 0.3) is 0 Å². The molecule has 0 saturated heterocycles. The first kappa shape index (κ1) is 16.1. The van der Waals surface area contributed by atoms with Crippen molar-refractivity contribution in [2.24, 2.45) is 0 Å². The number of aryl methyl sites for hydroxylation is 1. The molecule has 0 saturated carbocycles. The predicted octanol–water partition coefficient (Wildman–Crippen LogP) is 3.93. The Morgan fingerprint density at radius 2 is 2.00 bits per heavy atom. The Labute approximate surface area is 129 Å². The molecule has 0 aliphatic heterocycles. The molecule has 5 nitrogen and oxygen atoms in total. The maximum atomic E-state index is 10.4. The molecule has 0 radical (unpaired) electrons. The molecule has 5 heteroatoms. The van der Waals surface area contributed by atoms with Crippen LogP contribution in [0.5, 0.6) is 5.75 Å². The van der Waals surface area contributed by atoms with Gasteiger partial charge in [0.15, 0.2) is 11.7 Å². The Morgan fingerprint density at radius 3 is 2.77 bits per heavy atom. The number of aromatic nitrogens is 1. The summed E-state index contributed by atoms with van der Waals surface area (Å²) in [5.41, 5.74) is 0.894. The molecule has 1 aromatic heterocycles. The van der Waals surface area contributed by atoms with Crippen LogP contribution in [0.15, 0.2) is 34.9 Å². The predicted molar refractivity (Wildman–Crippen MR) is 82.9 cm³/mol. The molecular formula is C17H21NO4. The minimum atomic E-state index is -0.728. The third kappa shape index (κ3) is 4.62. The Balaban J connectivity index is 1.83. The highest BCUT2D eigenvalue weighted by molar-refractivity contribution is 5.66. The first-order valence-corrected chi connectivity index (χ1v) is 7.50. The summed E-state index contributed by atoms with van der Waals surface area (Å²) in [4.78, 5) is 14.7. The largest absolute Gasteiger partial charge is 0.496 e. The molecule has 1 heterocycles. The van der Waals surface area contributed by atoms with E-state index in [1.54, 1.807) is 13.3 Å². The summed E-state index contributed by atoms with van der Waals surface area (Å²) in [5, 5.41) is 8.57. The van der Waals surface area contributed by atoms with Gasteiger partial charge >= 0.3 is 5.97 Å². The van der Waals surface area contributed by atoms with E-state index in [1.165, 1.54) is 0 Å². The van der Waals surface area contributed by atoms with Crippen molar-refractivity contribution in [1.29, 1.82) is 0 Å². The highest BCUT2D eigenvalue weighted by Crippen LogP contribution is 2.30. The Hall–Kier alpha value is -2.30. The number of para-hydroxylation sites is 1. The number of oxazole rings is 1. The van der Waals surface area contributed by atoms with Gasteiger partial charge in [0.1, 0.15) is 5.75 Å². The van der Waals surface area contributed by atoms with E-state index in [0.29, 0.717) is 11.7 Å². The first-order valence-electron chi connectivity index (χ1n) is 7.50. The lowest BCUT2D eigenvalue weighted by Gasteiger charge is -2.04. The van der Waals surface area contributed by atoms with Gasteiger partial charge in [-0.15, -0.1) is 0 Å². The maximum Gasteiger partial charge on any atom is 0.303 e. The summed E-state index contributed by atoms with van der Waals surface area (Å²) in [6.45, 7) is 0. The van der Waals surface area contributed by atoms with Crippen molar-refractivity contribution in [1.82, 2.24) is 4.98 Å². The molecule has 22 heavy (non-hydrogen) atoms. The van der Waals surface area contributed by atoms with Gasteiger partial charge in [-0.05, 0) is 25.0 Å². The minimum absolute atomic E-state index is 0.247. The van der Waals surface area contributed by atoms with Crippen LogP contribution in [0.2, 0.25) is 0 Å². The normalized spacial score (nSPS) is 10.6. The molecule has 0 aliphatic rings. The quantitative estimate of drug-likeness (QED) is 0.711. The second-order valence-electron chi connectivity index (χ2n) is 5.13. The number of benzene rings is 1. The van der Waals surface area contributed by atoms with Crippen LogP contribution in [-0.2, 0) is 11.2 Å². The molecule has 0 bridgehead atoms. The Bertz CT molecular complexity index is 606. The van der Waals surface area contributed by atoms with Crippen LogP contribution in [-0.4, -0.2) is 23.2 Å². The summed E-state index contributed by atoms with van der Waals surface area (Å²) in [5.74, 6) is 1.45. The van der Waals surface area contributed by atoms with Crippen molar-refractivity contribution in [2.45, 2.75) is 38.5 Å². The van der Waals surface area contributed by atoms with Crippen LogP contribution in [0, 0.1) is 0 Å². The Morgan fingerprint density at radius 1 is 1.23 bits per heavy atom. The third-order valence-corrected chi connectivity index (χ3v) is 3.46. The highest BCUT2D eigenvalue weighted by atomic mass is 16.5. The van der Waals surface area contributed by atoms with E-state index in [1.807, 2.05) is 24.3 Å². The summed E-state index contributed by atoms with van der Waals surface area (Å²) < 4.78 is 11.1. The number of hydrogen-bond acceptors (Lipinski definition) is 4. The zero-order chi connectivity index (χ0) is 15.8. The third-order valence-electron chi connectivity index (χ3n) is 3.46. The number of nitrogens with zero attached hydrogens (tertiary/aromatic N) is 1. The second-order valence-corrected chi connectivity index (χ2v) is 5.13. The lowest BCUT2D eigenvalue weighted by molar-refractivity contribution is -0.137. The van der Waals surface area contributed by atoms with Gasteiger partial charge in [-0.2, -0.15) is 0 Å². The summed E-state index contributed by atoms with van der Waals surface area (Å²) >= 11 is 0. The fourth-order valence-corrected chi connectivity index (χ4v) is 2.30. The monoisotopic (exact) mass is 303 g/mol. The molecule has 0 unspecified atom stereocenters. The molecule has 0 fully saturated rings. The number of carboxylic acid groups (broad SMARTS) is 1. The van der Waals surface area contributed by atoms with E-state index in [9.17, 15) is 4.79 Å².